The van der Waals surface area contributed by atoms with Crippen LogP contribution >= 0.6 is 11.8 Å². The normalized spacial score (nSPS) is 15.9. The Morgan fingerprint density at radius 2 is 2.00 bits per heavy atom. The number of thioether (sulfide) groups is 1. The monoisotopic (exact) mass is 365 g/mol. The predicted molar refractivity (Wildman–Crippen MR) is 101 cm³/mol. The van der Waals surface area contributed by atoms with Gasteiger partial charge in [0.15, 0.2) is 5.82 Å². The van der Waals surface area contributed by atoms with Gasteiger partial charge in [-0.1, -0.05) is 23.4 Å². The Morgan fingerprint density at radius 1 is 1.23 bits per heavy atom. The third kappa shape index (κ3) is 3.24. The fourth-order valence-corrected chi connectivity index (χ4v) is 3.99. The zero-order chi connectivity index (χ0) is 18.1. The lowest BCUT2D eigenvalue weighted by atomic mass is 10.1. The summed E-state index contributed by atoms with van der Waals surface area (Å²) in [5.41, 5.74) is 2.96. The number of benzene rings is 2. The molecule has 132 valence electrons. The van der Waals surface area contributed by atoms with Crippen LogP contribution in [0.25, 0.3) is 0 Å². The van der Waals surface area contributed by atoms with Crippen molar-refractivity contribution in [3.63, 3.8) is 0 Å². The molecular weight excluding hydrogens is 346 g/mol. The molecule has 0 spiro atoms. The SMILES string of the molecule is Cc1noc(CSc2ccc(C(=O)N3c4ccccc4CC3C)cc2)n1. The highest BCUT2D eigenvalue weighted by Gasteiger charge is 2.31. The van der Waals surface area contributed by atoms with Gasteiger partial charge < -0.3 is 9.42 Å². The smallest absolute Gasteiger partial charge is 0.258 e. The van der Waals surface area contributed by atoms with Gasteiger partial charge in [-0.3, -0.25) is 4.79 Å². The summed E-state index contributed by atoms with van der Waals surface area (Å²) >= 11 is 1.61. The highest BCUT2D eigenvalue weighted by atomic mass is 32.2. The van der Waals surface area contributed by atoms with Crippen LogP contribution < -0.4 is 4.90 Å². The molecule has 0 bridgehead atoms. The largest absolute Gasteiger partial charge is 0.338 e. The van der Waals surface area contributed by atoms with E-state index in [0.717, 1.165) is 17.0 Å². The second-order valence-electron chi connectivity index (χ2n) is 6.41. The quantitative estimate of drug-likeness (QED) is 0.647. The minimum Gasteiger partial charge on any atom is -0.338 e. The number of carbonyl (C=O) groups is 1. The van der Waals surface area contributed by atoms with Gasteiger partial charge in [0.25, 0.3) is 5.91 Å². The van der Waals surface area contributed by atoms with Gasteiger partial charge in [0.05, 0.1) is 5.75 Å². The van der Waals surface area contributed by atoms with Gasteiger partial charge in [0, 0.05) is 22.2 Å². The highest BCUT2D eigenvalue weighted by molar-refractivity contribution is 7.98. The molecule has 2 aromatic carbocycles. The lowest BCUT2D eigenvalue weighted by molar-refractivity contribution is 0.0981. The van der Waals surface area contributed by atoms with Gasteiger partial charge >= 0.3 is 0 Å². The summed E-state index contributed by atoms with van der Waals surface area (Å²) < 4.78 is 5.12. The van der Waals surface area contributed by atoms with Gasteiger partial charge in [-0.15, -0.1) is 11.8 Å². The number of aryl methyl sites for hydroxylation is 1. The van der Waals surface area contributed by atoms with E-state index in [1.807, 2.05) is 47.4 Å². The third-order valence-corrected chi connectivity index (χ3v) is 5.46. The Bertz CT molecular complexity index is 936. The number of aromatic nitrogens is 2. The van der Waals surface area contributed by atoms with Crippen molar-refractivity contribution in [2.24, 2.45) is 0 Å². The summed E-state index contributed by atoms with van der Waals surface area (Å²) in [4.78, 5) is 20.2. The molecule has 0 N–H and O–H groups in total. The first-order chi connectivity index (χ1) is 12.6. The molecule has 0 radical (unpaired) electrons. The molecule has 4 rings (SSSR count). The number of amides is 1. The van der Waals surface area contributed by atoms with E-state index in [2.05, 4.69) is 23.1 Å². The molecular formula is C20H19N3O2S. The zero-order valence-electron chi connectivity index (χ0n) is 14.7. The molecule has 1 aromatic heterocycles. The number of carbonyl (C=O) groups excluding carboxylic acids is 1. The molecule has 1 unspecified atom stereocenters. The number of hydrogen-bond donors (Lipinski definition) is 0. The van der Waals surface area contributed by atoms with E-state index in [-0.39, 0.29) is 11.9 Å². The molecule has 1 atom stereocenters. The van der Waals surface area contributed by atoms with Gasteiger partial charge in [0.2, 0.25) is 5.89 Å². The van der Waals surface area contributed by atoms with Gasteiger partial charge in [-0.05, 0) is 56.2 Å². The molecule has 0 saturated carbocycles. The molecule has 1 aliphatic rings. The molecule has 26 heavy (non-hydrogen) atoms. The minimum absolute atomic E-state index is 0.0477. The molecule has 0 aliphatic carbocycles. The van der Waals surface area contributed by atoms with E-state index >= 15 is 0 Å². The van der Waals surface area contributed by atoms with Crippen molar-refractivity contribution in [3.8, 4) is 0 Å². The molecule has 0 saturated heterocycles. The van der Waals surface area contributed by atoms with Crippen molar-refractivity contribution in [2.75, 3.05) is 4.90 Å². The van der Waals surface area contributed by atoms with E-state index in [4.69, 9.17) is 4.52 Å². The van der Waals surface area contributed by atoms with Crippen LogP contribution in [-0.4, -0.2) is 22.1 Å². The van der Waals surface area contributed by atoms with Crippen LogP contribution in [0.15, 0.2) is 57.9 Å². The first-order valence-corrected chi connectivity index (χ1v) is 9.54. The van der Waals surface area contributed by atoms with Crippen molar-refractivity contribution in [1.29, 1.82) is 0 Å². The van der Waals surface area contributed by atoms with Crippen molar-refractivity contribution < 1.29 is 9.32 Å². The first kappa shape index (κ1) is 16.8. The summed E-state index contributed by atoms with van der Waals surface area (Å²) in [6, 6.07) is 16.0. The Labute approximate surface area is 156 Å². The summed E-state index contributed by atoms with van der Waals surface area (Å²) in [5, 5.41) is 3.79. The number of hydrogen-bond acceptors (Lipinski definition) is 5. The topological polar surface area (TPSA) is 59.2 Å². The van der Waals surface area contributed by atoms with Crippen LogP contribution in [0.5, 0.6) is 0 Å². The molecule has 6 heteroatoms. The standard InChI is InChI=1S/C20H19N3O2S/c1-13-11-16-5-3-4-6-18(16)23(13)20(24)15-7-9-17(10-8-15)26-12-19-21-14(2)22-25-19/h3-10,13H,11-12H2,1-2H3. The van der Waals surface area contributed by atoms with E-state index in [1.165, 1.54) is 5.56 Å². The maximum absolute atomic E-state index is 13.0. The van der Waals surface area contributed by atoms with Crippen LogP contribution in [0.2, 0.25) is 0 Å². The highest BCUT2D eigenvalue weighted by Crippen LogP contribution is 2.33. The predicted octanol–water partition coefficient (Wildman–Crippen LogP) is 4.26. The molecule has 5 nitrogen and oxygen atoms in total. The van der Waals surface area contributed by atoms with Crippen molar-refractivity contribution in [3.05, 3.63) is 71.4 Å². The molecule has 0 fully saturated rings. The fourth-order valence-electron chi connectivity index (χ4n) is 3.25. The number of para-hydroxylation sites is 1. The number of nitrogens with zero attached hydrogens (tertiary/aromatic N) is 3. The minimum atomic E-state index is 0.0477. The third-order valence-electron chi connectivity index (χ3n) is 4.46. The summed E-state index contributed by atoms with van der Waals surface area (Å²) in [6.45, 7) is 3.89. The van der Waals surface area contributed by atoms with Crippen molar-refractivity contribution in [2.45, 2.75) is 37.0 Å². The van der Waals surface area contributed by atoms with Crippen LogP contribution in [-0.2, 0) is 12.2 Å². The Balaban J connectivity index is 1.47. The summed E-state index contributed by atoms with van der Waals surface area (Å²) in [6.07, 6.45) is 0.902. The van der Waals surface area contributed by atoms with Gasteiger partial charge in [0.1, 0.15) is 0 Å². The second-order valence-corrected chi connectivity index (χ2v) is 7.45. The van der Waals surface area contributed by atoms with E-state index in [1.54, 1.807) is 18.7 Å². The maximum atomic E-state index is 13.0. The lowest BCUT2D eigenvalue weighted by Gasteiger charge is -2.22. The Kier molecular flexibility index (Phi) is 4.51. The maximum Gasteiger partial charge on any atom is 0.258 e. The van der Waals surface area contributed by atoms with Gasteiger partial charge in [-0.2, -0.15) is 4.98 Å². The molecule has 1 amide bonds. The van der Waals surface area contributed by atoms with Crippen molar-refractivity contribution >= 4 is 23.4 Å². The Morgan fingerprint density at radius 3 is 2.73 bits per heavy atom. The number of rotatable bonds is 4. The van der Waals surface area contributed by atoms with E-state index in [0.29, 0.717) is 23.0 Å². The fraction of sp³-hybridized carbons (Fsp3) is 0.250. The average molecular weight is 365 g/mol. The van der Waals surface area contributed by atoms with E-state index in [9.17, 15) is 4.79 Å². The van der Waals surface area contributed by atoms with Crippen LogP contribution in [0.3, 0.4) is 0 Å². The summed E-state index contributed by atoms with van der Waals surface area (Å²) in [7, 11) is 0. The van der Waals surface area contributed by atoms with Gasteiger partial charge in [-0.25, -0.2) is 0 Å². The summed E-state index contributed by atoms with van der Waals surface area (Å²) in [5.74, 6) is 1.91. The Hall–Kier alpha value is -2.60. The molecule has 1 aliphatic heterocycles. The molecule has 2 heterocycles. The van der Waals surface area contributed by atoms with Crippen molar-refractivity contribution in [1.82, 2.24) is 10.1 Å². The first-order valence-electron chi connectivity index (χ1n) is 8.55. The van der Waals surface area contributed by atoms with Crippen LogP contribution in [0.4, 0.5) is 5.69 Å². The van der Waals surface area contributed by atoms with Crippen LogP contribution in [0, 0.1) is 6.92 Å². The number of fused-ring (bicyclic) bond motifs is 1. The van der Waals surface area contributed by atoms with E-state index < -0.39 is 0 Å². The number of anilines is 1. The van der Waals surface area contributed by atoms with Crippen LogP contribution in [0.1, 0.15) is 34.6 Å². The second kappa shape index (κ2) is 6.96. The lowest BCUT2D eigenvalue weighted by Crippen LogP contribution is -2.35. The average Bonchev–Trinajstić information content (AvgIpc) is 3.22. The zero-order valence-corrected chi connectivity index (χ0v) is 15.5. The molecule has 3 aromatic rings.